The van der Waals surface area contributed by atoms with Crippen LogP contribution >= 0.6 is 0 Å². The molecule has 1 saturated carbocycles. The van der Waals surface area contributed by atoms with Gasteiger partial charge in [-0.05, 0) is 68.9 Å². The van der Waals surface area contributed by atoms with E-state index in [-0.39, 0.29) is 11.9 Å². The van der Waals surface area contributed by atoms with E-state index in [4.69, 9.17) is 4.98 Å². The Kier molecular flexibility index (Phi) is 4.42. The number of rotatable bonds is 4. The summed E-state index contributed by atoms with van der Waals surface area (Å²) in [5.74, 6) is 0.531. The van der Waals surface area contributed by atoms with Crippen molar-refractivity contribution in [3.63, 3.8) is 0 Å². The molecule has 0 radical (unpaired) electrons. The Hall–Kier alpha value is -2.75. The van der Waals surface area contributed by atoms with E-state index in [1.165, 1.54) is 5.56 Å². The van der Waals surface area contributed by atoms with Gasteiger partial charge in [-0.3, -0.25) is 14.8 Å². The highest BCUT2D eigenvalue weighted by Crippen LogP contribution is 2.44. The van der Waals surface area contributed by atoms with E-state index in [0.29, 0.717) is 5.92 Å². The third-order valence-corrected chi connectivity index (χ3v) is 5.66. The first kappa shape index (κ1) is 17.7. The summed E-state index contributed by atoms with van der Waals surface area (Å²) >= 11 is 0. The number of nitrogens with zero attached hydrogens (tertiary/aromatic N) is 3. The van der Waals surface area contributed by atoms with Crippen molar-refractivity contribution in [1.29, 1.82) is 0 Å². The van der Waals surface area contributed by atoms with E-state index in [1.54, 1.807) is 6.20 Å². The zero-order valence-electron chi connectivity index (χ0n) is 16.4. The zero-order chi connectivity index (χ0) is 19.1. The Balaban J connectivity index is 1.79. The molecule has 0 bridgehead atoms. The largest absolute Gasteiger partial charge is 0.333 e. The Labute approximate surface area is 160 Å². The highest BCUT2D eigenvalue weighted by atomic mass is 16.2. The summed E-state index contributed by atoms with van der Waals surface area (Å²) in [4.78, 5) is 24.6. The molecule has 0 saturated heterocycles. The second-order valence-electron chi connectivity index (χ2n) is 7.67. The van der Waals surface area contributed by atoms with Crippen LogP contribution in [0.5, 0.6) is 0 Å². The fraction of sp³-hybridized carbons (Fsp3) is 0.348. The summed E-state index contributed by atoms with van der Waals surface area (Å²) in [6.45, 7) is 6.11. The van der Waals surface area contributed by atoms with Gasteiger partial charge in [0.1, 0.15) is 0 Å². The van der Waals surface area contributed by atoms with Gasteiger partial charge in [0.2, 0.25) is 0 Å². The summed E-state index contributed by atoms with van der Waals surface area (Å²) < 4.78 is 0. The lowest BCUT2D eigenvalue weighted by Crippen LogP contribution is -2.33. The van der Waals surface area contributed by atoms with Crippen LogP contribution in [0.2, 0.25) is 0 Å². The Morgan fingerprint density at radius 3 is 2.59 bits per heavy atom. The predicted octanol–water partition coefficient (Wildman–Crippen LogP) is 4.78. The first-order chi connectivity index (χ1) is 13.0. The number of amides is 1. The van der Waals surface area contributed by atoms with Gasteiger partial charge in [0.15, 0.2) is 0 Å². The molecule has 4 rings (SSSR count). The average Bonchev–Trinajstić information content (AvgIpc) is 3.50. The molecule has 27 heavy (non-hydrogen) atoms. The van der Waals surface area contributed by atoms with Crippen molar-refractivity contribution in [3.8, 4) is 0 Å². The maximum absolute atomic E-state index is 13.5. The Morgan fingerprint density at radius 1 is 1.15 bits per heavy atom. The van der Waals surface area contributed by atoms with Gasteiger partial charge >= 0.3 is 0 Å². The lowest BCUT2D eigenvalue weighted by molar-refractivity contribution is 0.0709. The lowest BCUT2D eigenvalue weighted by atomic mass is 9.99. The van der Waals surface area contributed by atoms with Gasteiger partial charge in [0, 0.05) is 24.3 Å². The number of pyridine rings is 2. The van der Waals surface area contributed by atoms with Gasteiger partial charge in [0.25, 0.3) is 5.91 Å². The van der Waals surface area contributed by atoms with Gasteiger partial charge in [-0.25, -0.2) is 0 Å². The van der Waals surface area contributed by atoms with Crippen LogP contribution in [0.1, 0.15) is 51.8 Å². The molecule has 1 fully saturated rings. The van der Waals surface area contributed by atoms with Crippen LogP contribution in [0.15, 0.2) is 42.6 Å². The molecule has 138 valence electrons. The van der Waals surface area contributed by atoms with E-state index in [0.717, 1.165) is 46.3 Å². The smallest absolute Gasteiger partial charge is 0.254 e. The predicted molar refractivity (Wildman–Crippen MR) is 108 cm³/mol. The van der Waals surface area contributed by atoms with E-state index >= 15 is 0 Å². The van der Waals surface area contributed by atoms with Crippen LogP contribution in [-0.2, 0) is 0 Å². The summed E-state index contributed by atoms with van der Waals surface area (Å²) in [5, 5.41) is 0.927. The molecule has 4 nitrogen and oxygen atoms in total. The van der Waals surface area contributed by atoms with Crippen LogP contribution in [0, 0.1) is 26.7 Å². The van der Waals surface area contributed by atoms with Crippen molar-refractivity contribution in [2.45, 2.75) is 39.7 Å². The molecule has 1 amide bonds. The van der Waals surface area contributed by atoms with E-state index in [2.05, 4.69) is 24.9 Å². The number of fused-ring (bicyclic) bond motifs is 1. The molecule has 0 aliphatic heterocycles. The average molecular weight is 359 g/mol. The monoisotopic (exact) mass is 359 g/mol. The third-order valence-electron chi connectivity index (χ3n) is 5.66. The van der Waals surface area contributed by atoms with Crippen LogP contribution < -0.4 is 0 Å². The Bertz CT molecular complexity index is 1010. The molecule has 3 aromatic rings. The zero-order valence-corrected chi connectivity index (χ0v) is 16.4. The normalized spacial score (nSPS) is 15.0. The van der Waals surface area contributed by atoms with Gasteiger partial charge in [-0.1, -0.05) is 18.2 Å². The van der Waals surface area contributed by atoms with Crippen molar-refractivity contribution in [3.05, 3.63) is 70.7 Å². The van der Waals surface area contributed by atoms with Crippen molar-refractivity contribution < 1.29 is 4.79 Å². The molecule has 0 spiro atoms. The number of hydrogen-bond donors (Lipinski definition) is 0. The van der Waals surface area contributed by atoms with Crippen molar-refractivity contribution in [2.75, 3.05) is 7.05 Å². The number of benzene rings is 1. The summed E-state index contributed by atoms with van der Waals surface area (Å²) in [6, 6.07) is 12.0. The summed E-state index contributed by atoms with van der Waals surface area (Å²) in [7, 11) is 1.91. The SMILES string of the molecule is Cc1cc(C(=O)N(C)[C@H](c2ccccn2)C2CC2)c2ccc(C)c(C)c2n1. The molecule has 1 aliphatic carbocycles. The van der Waals surface area contributed by atoms with E-state index in [1.807, 2.05) is 49.2 Å². The van der Waals surface area contributed by atoms with Gasteiger partial charge in [0.05, 0.1) is 22.8 Å². The molecule has 1 aliphatic rings. The molecule has 0 unspecified atom stereocenters. The molecule has 1 atom stereocenters. The number of carbonyl (C=O) groups excluding carboxylic acids is 1. The number of aromatic nitrogens is 2. The van der Waals surface area contributed by atoms with Crippen LogP contribution in [0.4, 0.5) is 0 Å². The van der Waals surface area contributed by atoms with Crippen LogP contribution in [0.3, 0.4) is 0 Å². The molecular formula is C23H25N3O. The van der Waals surface area contributed by atoms with Gasteiger partial charge < -0.3 is 4.90 Å². The van der Waals surface area contributed by atoms with Crippen LogP contribution in [-0.4, -0.2) is 27.8 Å². The quantitative estimate of drug-likeness (QED) is 0.673. The molecular weight excluding hydrogens is 334 g/mol. The number of hydrogen-bond acceptors (Lipinski definition) is 3. The van der Waals surface area contributed by atoms with E-state index in [9.17, 15) is 4.79 Å². The summed E-state index contributed by atoms with van der Waals surface area (Å²) in [5.41, 5.74) is 5.82. The third kappa shape index (κ3) is 3.20. The second-order valence-corrected chi connectivity index (χ2v) is 7.67. The summed E-state index contributed by atoms with van der Waals surface area (Å²) in [6.07, 6.45) is 4.10. The second kappa shape index (κ2) is 6.76. The molecule has 0 N–H and O–H groups in total. The van der Waals surface area contributed by atoms with E-state index < -0.39 is 0 Å². The lowest BCUT2D eigenvalue weighted by Gasteiger charge is -2.28. The molecule has 4 heteroatoms. The van der Waals surface area contributed by atoms with Crippen molar-refractivity contribution >= 4 is 16.8 Å². The topological polar surface area (TPSA) is 46.1 Å². The first-order valence-corrected chi connectivity index (χ1v) is 9.53. The standard InChI is InChI=1S/C23H25N3O/c1-14-8-11-18-19(13-15(2)25-21(18)16(14)3)23(27)26(4)22(17-9-10-17)20-7-5-6-12-24-20/h5-8,11-13,17,22H,9-10H2,1-4H3/t22-/m0/s1. The van der Waals surface area contributed by atoms with Crippen LogP contribution in [0.25, 0.3) is 10.9 Å². The first-order valence-electron chi connectivity index (χ1n) is 9.53. The molecule has 1 aromatic carbocycles. The van der Waals surface area contributed by atoms with Crippen molar-refractivity contribution in [2.24, 2.45) is 5.92 Å². The number of carbonyl (C=O) groups is 1. The highest BCUT2D eigenvalue weighted by Gasteiger charge is 2.38. The molecule has 2 aromatic heterocycles. The van der Waals surface area contributed by atoms with Crippen molar-refractivity contribution in [1.82, 2.24) is 14.9 Å². The maximum Gasteiger partial charge on any atom is 0.254 e. The Morgan fingerprint density at radius 2 is 1.93 bits per heavy atom. The maximum atomic E-state index is 13.5. The minimum Gasteiger partial charge on any atom is -0.333 e. The molecule has 2 heterocycles. The van der Waals surface area contributed by atoms with Gasteiger partial charge in [-0.2, -0.15) is 0 Å². The number of aryl methyl sites for hydroxylation is 3. The minimum atomic E-state index is 0.0220. The van der Waals surface area contributed by atoms with Gasteiger partial charge in [-0.15, -0.1) is 0 Å². The fourth-order valence-corrected chi connectivity index (χ4v) is 3.87. The minimum absolute atomic E-state index is 0.0220. The fourth-order valence-electron chi connectivity index (χ4n) is 3.87. The highest BCUT2D eigenvalue weighted by molar-refractivity contribution is 6.07.